The lowest BCUT2D eigenvalue weighted by Crippen LogP contribution is -2.50. The maximum atomic E-state index is 14.4. The molecule has 11 heteroatoms. The van der Waals surface area contributed by atoms with Crippen LogP contribution in [0.25, 0.3) is 6.08 Å². The number of benzene rings is 2. The number of Topliss-reactive ketones (excluding diaryl/α,β-unsaturated/α-hetero) is 2. The van der Waals surface area contributed by atoms with Crippen LogP contribution < -0.4 is 21.1 Å². The van der Waals surface area contributed by atoms with Gasteiger partial charge in [0.1, 0.15) is 11.2 Å². The number of hydrogen-bond acceptors (Lipinski definition) is 11. The van der Waals surface area contributed by atoms with Gasteiger partial charge in [-0.3, -0.25) is 9.59 Å². The number of carbonyl (C=O) groups is 2. The first-order valence-electron chi connectivity index (χ1n) is 23.0. The summed E-state index contributed by atoms with van der Waals surface area (Å²) < 4.78 is 5.47. The third-order valence-electron chi connectivity index (χ3n) is 14.7. The average Bonchev–Trinajstić information content (AvgIpc) is 3.32. The van der Waals surface area contributed by atoms with E-state index < -0.39 is 29.6 Å². The molecule has 5 aliphatic rings. The number of allylic oxidation sites excluding steroid dienone is 3. The van der Waals surface area contributed by atoms with Crippen molar-refractivity contribution in [3.8, 4) is 23.3 Å². The Labute approximate surface area is 366 Å². The molecule has 3 aliphatic carbocycles. The predicted molar refractivity (Wildman–Crippen MR) is 240 cm³/mol. The van der Waals surface area contributed by atoms with Crippen LogP contribution >= 0.6 is 0 Å². The second-order valence-corrected chi connectivity index (χ2v) is 18.7. The van der Waals surface area contributed by atoms with Gasteiger partial charge in [-0.2, -0.15) is 0 Å². The van der Waals surface area contributed by atoms with E-state index in [-0.39, 0.29) is 61.0 Å². The Kier molecular flexibility index (Phi) is 15.3. The standard InChI is InChI=1S/C51H67N3O8/c1-62-47-27-37-12-14-48(60)51(18-15-33(23-49(51)61)22-34(8-5-21-55)40-24-39-11-13-41(56)29-43(39)54-31-40)19-16-38(42(37)30-46(47)59)26-45(58)44(57)25-35(36-17-20-53-50(52)28-36)10-9-32-6-3-2-4-7-32/h2-4,6-7,9-10,17,27-28,30,33-35,38-40,43-45,49,53-55,57-59,61H,5,8,11-15,18,20-26,29,31,52H2,1H3/b10-9+/t33-,34+,35+,38-,39-,40+,43-,44-,45+,49-,51+/m1/s1. The molecular weight excluding hydrogens is 783 g/mol. The van der Waals surface area contributed by atoms with E-state index in [4.69, 9.17) is 10.5 Å². The van der Waals surface area contributed by atoms with Crippen LogP contribution in [0.1, 0.15) is 106 Å². The van der Waals surface area contributed by atoms with E-state index >= 15 is 0 Å². The lowest BCUT2D eigenvalue weighted by molar-refractivity contribution is -0.134. The van der Waals surface area contributed by atoms with Gasteiger partial charge in [0.05, 0.1) is 31.2 Å². The molecule has 2 heterocycles. The summed E-state index contributed by atoms with van der Waals surface area (Å²) in [5, 5.41) is 63.2. The number of nitrogens with one attached hydrogen (secondary N) is 2. The number of dihydropyridines is 1. The number of carbonyl (C=O) groups excluding carboxylic acids is 2. The van der Waals surface area contributed by atoms with Gasteiger partial charge in [-0.1, -0.05) is 60.4 Å². The number of aliphatic hydroxyl groups excluding tert-OH is 4. The Balaban J connectivity index is 1.11. The molecule has 62 heavy (non-hydrogen) atoms. The van der Waals surface area contributed by atoms with Gasteiger partial charge in [0, 0.05) is 50.3 Å². The summed E-state index contributed by atoms with van der Waals surface area (Å²) in [6, 6.07) is 13.5. The summed E-state index contributed by atoms with van der Waals surface area (Å²) in [5.74, 6) is 8.13. The van der Waals surface area contributed by atoms with Crippen molar-refractivity contribution in [1.82, 2.24) is 10.6 Å². The van der Waals surface area contributed by atoms with Crippen molar-refractivity contribution in [3.63, 3.8) is 0 Å². The van der Waals surface area contributed by atoms with Crippen LogP contribution in [0.2, 0.25) is 0 Å². The second-order valence-electron chi connectivity index (χ2n) is 18.7. The number of aromatic hydroxyl groups is 1. The summed E-state index contributed by atoms with van der Waals surface area (Å²) in [7, 11) is 1.47. The summed E-state index contributed by atoms with van der Waals surface area (Å²) in [5.41, 5.74) is 8.21. The lowest BCUT2D eigenvalue weighted by atomic mass is 9.63. The number of ether oxygens (including phenoxy) is 1. The molecule has 2 aliphatic heterocycles. The molecule has 1 spiro atoms. The first kappa shape index (κ1) is 45.6. The summed E-state index contributed by atoms with van der Waals surface area (Å²) in [6.07, 6.45) is 12.6. The molecule has 0 amide bonds. The summed E-state index contributed by atoms with van der Waals surface area (Å²) in [4.78, 5) is 26.5. The van der Waals surface area contributed by atoms with Gasteiger partial charge in [-0.15, -0.1) is 0 Å². The van der Waals surface area contributed by atoms with Crippen LogP contribution in [0, 0.1) is 46.8 Å². The van der Waals surface area contributed by atoms with Gasteiger partial charge < -0.3 is 46.6 Å². The molecule has 0 unspecified atom stereocenters. The minimum atomic E-state index is -1.29. The van der Waals surface area contributed by atoms with Crippen molar-refractivity contribution < 1.29 is 39.9 Å². The number of nitrogens with two attached hydrogens (primary N) is 1. The smallest absolute Gasteiger partial charge is 0.160 e. The Hall–Kier alpha value is -4.44. The molecule has 2 saturated carbocycles. The highest BCUT2D eigenvalue weighted by molar-refractivity contribution is 5.89. The van der Waals surface area contributed by atoms with Crippen LogP contribution in [0.4, 0.5) is 0 Å². The Morgan fingerprint density at radius 2 is 1.87 bits per heavy atom. The quantitative estimate of drug-likeness (QED) is 0.107. The fourth-order valence-corrected chi connectivity index (χ4v) is 11.1. The molecule has 0 radical (unpaired) electrons. The van der Waals surface area contributed by atoms with Crippen LogP contribution in [0.3, 0.4) is 0 Å². The van der Waals surface area contributed by atoms with Crippen molar-refractivity contribution in [2.45, 2.75) is 120 Å². The fraction of sp³-hybridized carbons (Fsp3) is 0.569. The molecule has 3 fully saturated rings. The molecule has 11 nitrogen and oxygen atoms in total. The molecule has 2 aromatic rings. The molecule has 7 rings (SSSR count). The number of phenolic OH excluding ortho intramolecular Hbond substituents is 1. The highest BCUT2D eigenvalue weighted by atomic mass is 16.5. The second kappa shape index (κ2) is 20.8. The van der Waals surface area contributed by atoms with Gasteiger partial charge in [-0.05, 0) is 141 Å². The number of methoxy groups -OCH3 is 1. The molecular formula is C51H67N3O8. The number of piperidine rings is 1. The Morgan fingerprint density at radius 1 is 1.05 bits per heavy atom. The van der Waals surface area contributed by atoms with Crippen molar-refractivity contribution in [1.29, 1.82) is 0 Å². The van der Waals surface area contributed by atoms with Gasteiger partial charge in [0.25, 0.3) is 0 Å². The zero-order valence-electron chi connectivity index (χ0n) is 36.2. The molecule has 11 atom stereocenters. The maximum absolute atomic E-state index is 14.4. The largest absolute Gasteiger partial charge is 0.504 e. The van der Waals surface area contributed by atoms with E-state index in [9.17, 15) is 35.1 Å². The number of ketones is 2. The van der Waals surface area contributed by atoms with Crippen LogP contribution in [-0.4, -0.2) is 88.3 Å². The van der Waals surface area contributed by atoms with Gasteiger partial charge in [-0.25, -0.2) is 0 Å². The number of phenols is 1. The third-order valence-corrected chi connectivity index (χ3v) is 14.7. The van der Waals surface area contributed by atoms with Crippen molar-refractivity contribution in [3.05, 3.63) is 88.8 Å². The molecule has 2 aromatic carbocycles. The number of rotatable bonds is 15. The average molecular weight is 850 g/mol. The van der Waals surface area contributed by atoms with E-state index in [0.717, 1.165) is 55.3 Å². The number of aryl methyl sites for hydroxylation is 1. The molecule has 334 valence electrons. The number of hydrogen-bond donors (Lipinski definition) is 8. The summed E-state index contributed by atoms with van der Waals surface area (Å²) >= 11 is 0. The topological polar surface area (TPSA) is 195 Å². The fourth-order valence-electron chi connectivity index (χ4n) is 11.1. The van der Waals surface area contributed by atoms with E-state index in [1.54, 1.807) is 12.1 Å². The van der Waals surface area contributed by atoms with Crippen molar-refractivity contribution in [2.75, 3.05) is 26.8 Å². The predicted octanol–water partition coefficient (Wildman–Crippen LogP) is 5.44. The van der Waals surface area contributed by atoms with Crippen molar-refractivity contribution in [2.24, 2.45) is 40.7 Å². The Bertz CT molecular complexity index is 2040. The van der Waals surface area contributed by atoms with E-state index in [1.807, 2.05) is 54.6 Å². The number of aliphatic hydroxyl groups is 4. The molecule has 1 saturated heterocycles. The first-order valence-corrected chi connectivity index (χ1v) is 23.0. The van der Waals surface area contributed by atoms with Crippen molar-refractivity contribution >= 4 is 17.6 Å². The normalized spacial score (nSPS) is 29.6. The van der Waals surface area contributed by atoms with Gasteiger partial charge in [0.15, 0.2) is 17.3 Å². The van der Waals surface area contributed by atoms with Crippen LogP contribution in [0.5, 0.6) is 11.5 Å². The van der Waals surface area contributed by atoms with Crippen LogP contribution in [-0.2, 0) is 16.0 Å². The minimum absolute atomic E-state index is 0.0294. The van der Waals surface area contributed by atoms with Crippen LogP contribution in [0.15, 0.2) is 72.1 Å². The molecule has 0 aromatic heterocycles. The lowest BCUT2D eigenvalue weighted by Gasteiger charge is -2.44. The zero-order valence-corrected chi connectivity index (χ0v) is 36.2. The summed E-state index contributed by atoms with van der Waals surface area (Å²) in [6.45, 7) is 1.53. The number of fused-ring (bicyclic) bond motifs is 2. The highest BCUT2D eigenvalue weighted by Gasteiger charge is 2.48. The highest BCUT2D eigenvalue weighted by Crippen LogP contribution is 2.47. The van der Waals surface area contributed by atoms with Gasteiger partial charge in [0.2, 0.25) is 0 Å². The zero-order chi connectivity index (χ0) is 43.8. The third kappa shape index (κ3) is 10.8. The maximum Gasteiger partial charge on any atom is 0.160 e. The SMILES string of the molecule is COc1cc2c(cc1O)[C@@H](C[C@H](O)[C@H](O)C[C@H](/C=C/c1ccccc1)C1=CCNC(N)=C1)C#C[C@@]1(CC[C@H](C[C@H](CCCO)[C@@H]3CN[C@@H]4CC(=O)CC[C@@H]4C3)C[C@H]1O)C(=O)CC2. The first-order chi connectivity index (χ1) is 30.0. The van der Waals surface area contributed by atoms with Gasteiger partial charge >= 0.3 is 0 Å². The van der Waals surface area contributed by atoms with E-state index in [0.29, 0.717) is 80.0 Å². The molecule has 0 bridgehead atoms. The minimum Gasteiger partial charge on any atom is -0.504 e. The molecule has 9 N–H and O–H groups in total. The van der Waals surface area contributed by atoms with E-state index in [2.05, 4.69) is 22.5 Å². The monoisotopic (exact) mass is 849 g/mol. The van der Waals surface area contributed by atoms with E-state index in [1.165, 1.54) is 7.11 Å². The Morgan fingerprint density at radius 3 is 2.63 bits per heavy atom.